The molecule has 0 aromatic heterocycles. The summed E-state index contributed by atoms with van der Waals surface area (Å²) in [5, 5.41) is 8.06. The minimum Gasteiger partial charge on any atom is -0.394 e. The molecule has 0 unspecified atom stereocenters. The Morgan fingerprint density at radius 3 is 1.17 bits per heavy atom. The van der Waals surface area contributed by atoms with E-state index in [1.165, 1.54) is 19.4 Å². The number of carbonyl (C=O) groups is 1. The molecule has 0 saturated carbocycles. The molecular weight excluding hydrogens is 152 g/mol. The first-order valence-electron chi connectivity index (χ1n) is 3.97. The zero-order valence-electron chi connectivity index (χ0n) is 9.14. The van der Waals surface area contributed by atoms with E-state index in [0.29, 0.717) is 0 Å². The number of aliphatic hydroxyl groups excluding tert-OH is 1. The topological polar surface area (TPSA) is 37.3 Å². The summed E-state index contributed by atoms with van der Waals surface area (Å²) in [6, 6.07) is 0. The molecule has 1 N–H and O–H groups in total. The largest absolute Gasteiger partial charge is 0.394 e. The number of ketones is 1. The van der Waals surface area contributed by atoms with E-state index >= 15 is 0 Å². The Bertz CT molecular complexity index is 92.3. The van der Waals surface area contributed by atoms with E-state index in [1.54, 1.807) is 13.8 Å². The van der Waals surface area contributed by atoms with Crippen LogP contribution in [0.15, 0.2) is 12.2 Å². The van der Waals surface area contributed by atoms with E-state index in [-0.39, 0.29) is 11.9 Å². The molecule has 0 rings (SSSR count). The summed E-state index contributed by atoms with van der Waals surface area (Å²) >= 11 is 0. The van der Waals surface area contributed by atoms with Crippen molar-refractivity contribution in [2.24, 2.45) is 0 Å². The van der Waals surface area contributed by atoms with Gasteiger partial charge in [-0.1, -0.05) is 5.57 Å². The maximum atomic E-state index is 9.44. The van der Waals surface area contributed by atoms with Gasteiger partial charge in [0.25, 0.3) is 0 Å². The van der Waals surface area contributed by atoms with Crippen molar-refractivity contribution in [3.8, 4) is 0 Å². The van der Waals surface area contributed by atoms with Gasteiger partial charge in [-0.15, -0.1) is 6.58 Å². The van der Waals surface area contributed by atoms with E-state index in [9.17, 15) is 4.79 Å². The van der Waals surface area contributed by atoms with Gasteiger partial charge in [-0.2, -0.15) is 0 Å². The Morgan fingerprint density at radius 1 is 1.17 bits per heavy atom. The average molecular weight is 174 g/mol. The lowest BCUT2D eigenvalue weighted by molar-refractivity contribution is -0.114. The van der Waals surface area contributed by atoms with Crippen LogP contribution in [0.3, 0.4) is 0 Å². The second-order valence-electron chi connectivity index (χ2n) is 3.21. The van der Waals surface area contributed by atoms with Crippen LogP contribution in [0.25, 0.3) is 0 Å². The summed E-state index contributed by atoms with van der Waals surface area (Å²) in [6.07, 6.45) is -0.167. The standard InChI is InChI=1S/C4H8.C3H8O.C3H6O/c1-4(2)3;2*1-3(2)4/h1H2,2-3H3;3-4H,1-2H3;1-2H3. The van der Waals surface area contributed by atoms with Gasteiger partial charge >= 0.3 is 0 Å². The van der Waals surface area contributed by atoms with Crippen LogP contribution in [0, 0.1) is 0 Å². The molecule has 74 valence electrons. The predicted octanol–water partition coefficient (Wildman–Crippen LogP) is 2.56. The zero-order chi connectivity index (χ0) is 10.7. The van der Waals surface area contributed by atoms with E-state index in [4.69, 9.17) is 5.11 Å². The average Bonchev–Trinajstić information content (AvgIpc) is 1.54. The molecule has 0 heterocycles. The van der Waals surface area contributed by atoms with Gasteiger partial charge in [-0.05, 0) is 41.5 Å². The molecule has 0 aliphatic carbocycles. The normalized spacial score (nSPS) is 7.33. The van der Waals surface area contributed by atoms with Crippen LogP contribution < -0.4 is 0 Å². The number of rotatable bonds is 0. The molecule has 0 radical (unpaired) electrons. The van der Waals surface area contributed by atoms with Gasteiger partial charge in [-0.3, -0.25) is 0 Å². The van der Waals surface area contributed by atoms with E-state index < -0.39 is 0 Å². The third kappa shape index (κ3) is 1650. The summed E-state index contributed by atoms with van der Waals surface area (Å²) in [6.45, 7) is 14.0. The van der Waals surface area contributed by atoms with Crippen LogP contribution >= 0.6 is 0 Å². The highest BCUT2D eigenvalue weighted by Gasteiger charge is 1.69. The number of aliphatic hydroxyl groups is 1. The predicted molar refractivity (Wildman–Crippen MR) is 54.2 cm³/mol. The summed E-state index contributed by atoms with van der Waals surface area (Å²) in [5.74, 6) is 0.167. The molecule has 2 nitrogen and oxygen atoms in total. The molecular formula is C10H22O2. The maximum Gasteiger partial charge on any atom is 0.126 e. The number of hydrogen-bond acceptors (Lipinski definition) is 2. The highest BCUT2D eigenvalue weighted by molar-refractivity contribution is 5.72. The Balaban J connectivity index is -0.000000101. The Morgan fingerprint density at radius 2 is 1.17 bits per heavy atom. The quantitative estimate of drug-likeness (QED) is 0.573. The minimum atomic E-state index is -0.167. The molecule has 2 heteroatoms. The van der Waals surface area contributed by atoms with Crippen LogP contribution in [0.1, 0.15) is 41.5 Å². The highest BCUT2D eigenvalue weighted by atomic mass is 16.3. The van der Waals surface area contributed by atoms with Crippen molar-refractivity contribution in [2.45, 2.75) is 47.6 Å². The Hall–Kier alpha value is -0.630. The van der Waals surface area contributed by atoms with Gasteiger partial charge in [0, 0.05) is 6.10 Å². The molecule has 0 atom stereocenters. The third-order valence-corrected chi connectivity index (χ3v) is 0. The molecule has 0 spiro atoms. The van der Waals surface area contributed by atoms with Crippen LogP contribution in [-0.2, 0) is 4.79 Å². The van der Waals surface area contributed by atoms with Gasteiger partial charge in [0.05, 0.1) is 0 Å². The van der Waals surface area contributed by atoms with Crippen molar-refractivity contribution in [3.05, 3.63) is 12.2 Å². The SMILES string of the molecule is C=C(C)C.CC(C)=O.CC(C)O. The maximum absolute atomic E-state index is 9.44. The first-order chi connectivity index (χ1) is 5.20. The summed E-state index contributed by atoms with van der Waals surface area (Å²) in [7, 11) is 0. The van der Waals surface area contributed by atoms with E-state index in [2.05, 4.69) is 6.58 Å². The lowest BCUT2D eigenvalue weighted by atomic mass is 10.4. The summed E-state index contributed by atoms with van der Waals surface area (Å²) < 4.78 is 0. The second-order valence-corrected chi connectivity index (χ2v) is 3.21. The van der Waals surface area contributed by atoms with Crippen molar-refractivity contribution >= 4 is 5.78 Å². The van der Waals surface area contributed by atoms with Crippen molar-refractivity contribution < 1.29 is 9.90 Å². The highest BCUT2D eigenvalue weighted by Crippen LogP contribution is 1.73. The van der Waals surface area contributed by atoms with Gasteiger partial charge in [0.1, 0.15) is 5.78 Å². The van der Waals surface area contributed by atoms with Gasteiger partial charge in [0.15, 0.2) is 0 Å². The molecule has 0 bridgehead atoms. The molecule has 0 aliphatic heterocycles. The minimum absolute atomic E-state index is 0.167. The lowest BCUT2D eigenvalue weighted by Crippen LogP contribution is -1.85. The van der Waals surface area contributed by atoms with E-state index in [0.717, 1.165) is 0 Å². The first-order valence-corrected chi connectivity index (χ1v) is 3.97. The Kier molecular flexibility index (Phi) is 18.9. The molecule has 12 heavy (non-hydrogen) atoms. The summed E-state index contributed by atoms with van der Waals surface area (Å²) in [5.41, 5.74) is 1.17. The smallest absolute Gasteiger partial charge is 0.126 e. The first kappa shape index (κ1) is 17.5. The number of carbonyl (C=O) groups excluding carboxylic acids is 1. The molecule has 0 amide bonds. The monoisotopic (exact) mass is 174 g/mol. The molecule has 0 aromatic rings. The van der Waals surface area contributed by atoms with Crippen molar-refractivity contribution in [1.82, 2.24) is 0 Å². The van der Waals surface area contributed by atoms with Crippen molar-refractivity contribution in [3.63, 3.8) is 0 Å². The van der Waals surface area contributed by atoms with E-state index in [1.807, 2.05) is 13.8 Å². The molecule has 0 saturated heterocycles. The van der Waals surface area contributed by atoms with Crippen LogP contribution in [0.4, 0.5) is 0 Å². The number of allylic oxidation sites excluding steroid dienone is 1. The summed E-state index contributed by atoms with van der Waals surface area (Å²) in [4.78, 5) is 9.44. The zero-order valence-corrected chi connectivity index (χ0v) is 9.14. The molecule has 0 aromatic carbocycles. The second kappa shape index (κ2) is 13.0. The van der Waals surface area contributed by atoms with Crippen LogP contribution in [0.5, 0.6) is 0 Å². The third-order valence-electron chi connectivity index (χ3n) is 0. The van der Waals surface area contributed by atoms with Crippen LogP contribution in [-0.4, -0.2) is 17.0 Å². The molecule has 0 fully saturated rings. The Labute approximate surface area is 76.3 Å². The number of hydrogen-bond donors (Lipinski definition) is 1. The van der Waals surface area contributed by atoms with Crippen molar-refractivity contribution in [1.29, 1.82) is 0 Å². The fourth-order valence-electron chi connectivity index (χ4n) is 0. The van der Waals surface area contributed by atoms with Gasteiger partial charge < -0.3 is 9.90 Å². The van der Waals surface area contributed by atoms with Crippen LogP contribution in [0.2, 0.25) is 0 Å². The number of Topliss-reactive ketones (excluding diaryl/α,β-unsaturated/α-hetero) is 1. The fourth-order valence-corrected chi connectivity index (χ4v) is 0. The lowest BCUT2D eigenvalue weighted by Gasteiger charge is -1.80. The van der Waals surface area contributed by atoms with Crippen molar-refractivity contribution in [2.75, 3.05) is 0 Å². The molecule has 0 aliphatic rings. The van der Waals surface area contributed by atoms with Gasteiger partial charge in [-0.25, -0.2) is 0 Å². The van der Waals surface area contributed by atoms with Gasteiger partial charge in [0.2, 0.25) is 0 Å². The fraction of sp³-hybridized carbons (Fsp3) is 0.700.